The van der Waals surface area contributed by atoms with Crippen molar-refractivity contribution in [2.75, 3.05) is 26.7 Å². The lowest BCUT2D eigenvalue weighted by molar-refractivity contribution is 0.0310. The summed E-state index contributed by atoms with van der Waals surface area (Å²) in [4.78, 5) is 4.58. The third-order valence-electron chi connectivity index (χ3n) is 3.84. The molecule has 1 rings (SSSR count). The lowest BCUT2D eigenvalue weighted by Crippen LogP contribution is -2.44. The Morgan fingerprint density at radius 3 is 2.21 bits per heavy atom. The monoisotopic (exact) mass is 451 g/mol. The van der Waals surface area contributed by atoms with Crippen molar-refractivity contribution in [3.8, 4) is 0 Å². The predicted octanol–water partition coefficient (Wildman–Crippen LogP) is 3.70. The molecule has 0 aliphatic heterocycles. The first-order valence-electron chi connectivity index (χ1n) is 8.03. The van der Waals surface area contributed by atoms with Gasteiger partial charge < -0.3 is 15.4 Å². The Morgan fingerprint density at radius 1 is 1.12 bits per heavy atom. The Morgan fingerprint density at radius 2 is 1.71 bits per heavy atom. The number of rotatable bonds is 7. The molecule has 0 amide bonds. The van der Waals surface area contributed by atoms with Crippen molar-refractivity contribution >= 4 is 29.9 Å². The molecule has 0 radical (unpaired) electrons. The SMILES string of the molecule is CCNC(=NCC(C)(C)OC)NCC(C)(C)c1ccc(F)cc1.I. The summed E-state index contributed by atoms with van der Waals surface area (Å²) in [5.41, 5.74) is 0.648. The highest BCUT2D eigenvalue weighted by Gasteiger charge is 2.21. The van der Waals surface area contributed by atoms with Gasteiger partial charge in [0.15, 0.2) is 5.96 Å². The zero-order chi connectivity index (χ0) is 17.5. The summed E-state index contributed by atoms with van der Waals surface area (Å²) in [7, 11) is 1.69. The molecule has 0 heterocycles. The van der Waals surface area contributed by atoms with Crippen LogP contribution in [0.1, 0.15) is 40.2 Å². The van der Waals surface area contributed by atoms with Gasteiger partial charge in [-0.05, 0) is 38.5 Å². The number of guanidine groups is 1. The number of benzene rings is 1. The van der Waals surface area contributed by atoms with Crippen LogP contribution in [0.5, 0.6) is 0 Å². The Balaban J connectivity index is 0.00000529. The van der Waals surface area contributed by atoms with Crippen LogP contribution in [0.3, 0.4) is 0 Å². The maximum Gasteiger partial charge on any atom is 0.191 e. The Hall–Kier alpha value is -0.890. The molecule has 4 nitrogen and oxygen atoms in total. The second-order valence-corrected chi connectivity index (χ2v) is 6.90. The topological polar surface area (TPSA) is 45.7 Å². The van der Waals surface area contributed by atoms with Gasteiger partial charge in [-0.25, -0.2) is 4.39 Å². The van der Waals surface area contributed by atoms with Crippen LogP contribution < -0.4 is 10.6 Å². The van der Waals surface area contributed by atoms with Gasteiger partial charge in [0.05, 0.1) is 12.1 Å². The fraction of sp³-hybridized carbons (Fsp3) is 0.611. The van der Waals surface area contributed by atoms with E-state index in [1.54, 1.807) is 7.11 Å². The van der Waals surface area contributed by atoms with Crippen molar-refractivity contribution in [2.45, 2.75) is 45.6 Å². The van der Waals surface area contributed by atoms with Crippen LogP contribution in [0.25, 0.3) is 0 Å². The molecule has 0 saturated heterocycles. The molecule has 0 unspecified atom stereocenters. The first-order chi connectivity index (χ1) is 10.7. The summed E-state index contributed by atoms with van der Waals surface area (Å²) in [6.07, 6.45) is 0. The zero-order valence-electron chi connectivity index (χ0n) is 15.6. The predicted molar refractivity (Wildman–Crippen MR) is 110 cm³/mol. The molecular weight excluding hydrogens is 420 g/mol. The van der Waals surface area contributed by atoms with Crippen molar-refractivity contribution in [1.82, 2.24) is 10.6 Å². The first kappa shape index (κ1) is 23.1. The largest absolute Gasteiger partial charge is 0.377 e. The molecular formula is C18H31FIN3O. The van der Waals surface area contributed by atoms with E-state index < -0.39 is 0 Å². The molecule has 0 saturated carbocycles. The molecule has 0 spiro atoms. The fourth-order valence-electron chi connectivity index (χ4n) is 1.98. The minimum absolute atomic E-state index is 0. The van der Waals surface area contributed by atoms with E-state index in [-0.39, 0.29) is 40.8 Å². The highest BCUT2D eigenvalue weighted by atomic mass is 127. The summed E-state index contributed by atoms with van der Waals surface area (Å²) >= 11 is 0. The molecule has 0 fully saturated rings. The Bertz CT molecular complexity index is 516. The molecule has 0 aromatic heterocycles. The van der Waals surface area contributed by atoms with Crippen molar-refractivity contribution in [1.29, 1.82) is 0 Å². The molecule has 0 aliphatic carbocycles. The van der Waals surface area contributed by atoms with Crippen molar-refractivity contribution in [3.63, 3.8) is 0 Å². The number of hydrogen-bond donors (Lipinski definition) is 2. The third-order valence-corrected chi connectivity index (χ3v) is 3.84. The fourth-order valence-corrected chi connectivity index (χ4v) is 1.98. The summed E-state index contributed by atoms with van der Waals surface area (Å²) in [6.45, 7) is 12.3. The highest BCUT2D eigenvalue weighted by molar-refractivity contribution is 14.0. The molecule has 2 N–H and O–H groups in total. The van der Waals surface area contributed by atoms with Crippen LogP contribution in [0.2, 0.25) is 0 Å². The van der Waals surface area contributed by atoms with Gasteiger partial charge in [-0.15, -0.1) is 24.0 Å². The van der Waals surface area contributed by atoms with Gasteiger partial charge in [0.25, 0.3) is 0 Å². The molecule has 1 aromatic carbocycles. The normalized spacial score (nSPS) is 12.5. The second kappa shape index (κ2) is 10.2. The van der Waals surface area contributed by atoms with Crippen molar-refractivity contribution in [3.05, 3.63) is 35.6 Å². The van der Waals surface area contributed by atoms with Crippen LogP contribution in [0.4, 0.5) is 4.39 Å². The Labute approximate surface area is 162 Å². The van der Waals surface area contributed by atoms with E-state index in [1.807, 2.05) is 32.9 Å². The summed E-state index contributed by atoms with van der Waals surface area (Å²) < 4.78 is 18.5. The highest BCUT2D eigenvalue weighted by Crippen LogP contribution is 2.22. The van der Waals surface area contributed by atoms with Crippen LogP contribution in [0, 0.1) is 5.82 Å². The third kappa shape index (κ3) is 7.79. The molecule has 138 valence electrons. The van der Waals surface area contributed by atoms with Gasteiger partial charge in [-0.2, -0.15) is 0 Å². The number of methoxy groups -OCH3 is 1. The number of ether oxygens (including phenoxy) is 1. The summed E-state index contributed by atoms with van der Waals surface area (Å²) in [5, 5.41) is 6.60. The summed E-state index contributed by atoms with van der Waals surface area (Å²) in [5.74, 6) is 0.544. The zero-order valence-corrected chi connectivity index (χ0v) is 17.9. The van der Waals surface area contributed by atoms with Gasteiger partial charge in [-0.1, -0.05) is 26.0 Å². The molecule has 0 bridgehead atoms. The van der Waals surface area contributed by atoms with Crippen LogP contribution >= 0.6 is 24.0 Å². The number of nitrogens with zero attached hydrogens (tertiary/aromatic N) is 1. The number of aliphatic imine (C=N–C) groups is 1. The molecule has 24 heavy (non-hydrogen) atoms. The van der Waals surface area contributed by atoms with E-state index in [9.17, 15) is 4.39 Å². The molecule has 0 aliphatic rings. The van der Waals surface area contributed by atoms with Gasteiger partial charge in [0.2, 0.25) is 0 Å². The lowest BCUT2D eigenvalue weighted by atomic mass is 9.84. The van der Waals surface area contributed by atoms with Crippen molar-refractivity contribution < 1.29 is 9.13 Å². The minimum atomic E-state index is -0.297. The van der Waals surface area contributed by atoms with Crippen molar-refractivity contribution in [2.24, 2.45) is 4.99 Å². The minimum Gasteiger partial charge on any atom is -0.377 e. The standard InChI is InChI=1S/C18H30FN3O.HI/c1-7-20-16(22-13-18(4,5)23-6)21-12-17(2,3)14-8-10-15(19)11-9-14;/h8-11H,7,12-13H2,1-6H3,(H2,20,21,22);1H. The maximum atomic E-state index is 13.1. The molecule has 0 atom stereocenters. The number of hydrogen-bond acceptors (Lipinski definition) is 2. The van der Waals surface area contributed by atoms with E-state index in [0.29, 0.717) is 13.1 Å². The number of nitrogens with one attached hydrogen (secondary N) is 2. The first-order valence-corrected chi connectivity index (χ1v) is 8.03. The van der Waals surface area contributed by atoms with Gasteiger partial charge in [0, 0.05) is 25.6 Å². The summed E-state index contributed by atoms with van der Waals surface area (Å²) in [6, 6.07) is 6.65. The maximum absolute atomic E-state index is 13.1. The number of halogens is 2. The average molecular weight is 451 g/mol. The Kier molecular flexibility index (Phi) is 9.80. The van der Waals surface area contributed by atoms with Gasteiger partial charge >= 0.3 is 0 Å². The van der Waals surface area contributed by atoms with E-state index in [4.69, 9.17) is 4.74 Å². The van der Waals surface area contributed by atoms with E-state index in [2.05, 4.69) is 29.5 Å². The van der Waals surface area contributed by atoms with Crippen LogP contribution in [0.15, 0.2) is 29.3 Å². The van der Waals surface area contributed by atoms with Crippen LogP contribution in [-0.4, -0.2) is 38.3 Å². The smallest absolute Gasteiger partial charge is 0.191 e. The van der Waals surface area contributed by atoms with E-state index in [1.165, 1.54) is 12.1 Å². The quantitative estimate of drug-likeness (QED) is 0.378. The van der Waals surface area contributed by atoms with Crippen LogP contribution in [-0.2, 0) is 10.2 Å². The average Bonchev–Trinajstić information content (AvgIpc) is 2.50. The van der Waals surface area contributed by atoms with Gasteiger partial charge in [0.1, 0.15) is 5.82 Å². The molecule has 1 aromatic rings. The molecule has 6 heteroatoms. The second-order valence-electron chi connectivity index (χ2n) is 6.90. The lowest BCUT2D eigenvalue weighted by Gasteiger charge is -2.27. The van der Waals surface area contributed by atoms with Gasteiger partial charge in [-0.3, -0.25) is 4.99 Å². The van der Waals surface area contributed by atoms with E-state index in [0.717, 1.165) is 18.1 Å². The van der Waals surface area contributed by atoms with E-state index >= 15 is 0 Å².